The van der Waals surface area contributed by atoms with Gasteiger partial charge in [-0.25, -0.2) is 0 Å². The number of hydrogen-bond acceptors (Lipinski definition) is 2. The van der Waals surface area contributed by atoms with Crippen LogP contribution in [0.25, 0.3) is 0 Å². The Kier molecular flexibility index (Phi) is 1.95. The van der Waals surface area contributed by atoms with E-state index in [1.807, 2.05) is 0 Å². The van der Waals surface area contributed by atoms with Crippen molar-refractivity contribution in [3.63, 3.8) is 0 Å². The highest BCUT2D eigenvalue weighted by Gasteiger charge is 2.22. The van der Waals surface area contributed by atoms with Crippen molar-refractivity contribution < 1.29 is 4.79 Å². The van der Waals surface area contributed by atoms with E-state index in [1.165, 1.54) is 0 Å². The lowest BCUT2D eigenvalue weighted by Crippen LogP contribution is -2.07. The van der Waals surface area contributed by atoms with E-state index < -0.39 is 0 Å². The summed E-state index contributed by atoms with van der Waals surface area (Å²) in [7, 11) is 0. The molecular weight excluding hydrogens is 120 g/mol. The Morgan fingerprint density at radius 3 is 2.88 bits per heavy atom. The van der Waals surface area contributed by atoms with E-state index in [4.69, 9.17) is 0 Å². The first-order chi connectivity index (χ1) is 3.84. The largest absolute Gasteiger partial charge is 0.298 e. The van der Waals surface area contributed by atoms with Crippen LogP contribution in [0.2, 0.25) is 0 Å². The van der Waals surface area contributed by atoms with Crippen molar-refractivity contribution in [2.24, 2.45) is 0 Å². The number of hydrogen-bond donors (Lipinski definition) is 0. The molecule has 0 saturated carbocycles. The molecule has 1 aliphatic rings. The molecule has 1 atom stereocenters. The first-order valence-corrected chi connectivity index (χ1v) is 4.03. The molecule has 0 N–H and O–H groups in total. The highest BCUT2D eigenvalue weighted by atomic mass is 32.2. The molecule has 1 unspecified atom stereocenters. The summed E-state index contributed by atoms with van der Waals surface area (Å²) < 4.78 is 0. The third-order valence-corrected chi connectivity index (χ3v) is 2.84. The molecule has 1 aliphatic heterocycles. The van der Waals surface area contributed by atoms with Crippen LogP contribution in [-0.4, -0.2) is 16.8 Å². The number of carbonyl (C=O) groups is 1. The summed E-state index contributed by atoms with van der Waals surface area (Å²) in [5.41, 5.74) is 0. The van der Waals surface area contributed by atoms with E-state index in [2.05, 4.69) is 6.92 Å². The van der Waals surface area contributed by atoms with Crippen molar-refractivity contribution in [1.82, 2.24) is 0 Å². The summed E-state index contributed by atoms with van der Waals surface area (Å²) in [5.74, 6) is 1.51. The summed E-state index contributed by atoms with van der Waals surface area (Å²) in [6.45, 7) is 2.07. The van der Waals surface area contributed by atoms with Gasteiger partial charge < -0.3 is 0 Å². The monoisotopic (exact) mass is 130 g/mol. The van der Waals surface area contributed by atoms with Gasteiger partial charge in [0.05, 0.1) is 5.25 Å². The molecule has 0 spiro atoms. The fraction of sp³-hybridized carbons (Fsp3) is 0.833. The minimum Gasteiger partial charge on any atom is -0.298 e. The maximum Gasteiger partial charge on any atom is 0.146 e. The normalized spacial score (nSPS) is 29.1. The van der Waals surface area contributed by atoms with Crippen LogP contribution in [0.15, 0.2) is 0 Å². The molecule has 0 radical (unpaired) electrons. The van der Waals surface area contributed by atoms with E-state index in [0.717, 1.165) is 18.6 Å². The molecule has 46 valence electrons. The topological polar surface area (TPSA) is 17.1 Å². The molecule has 1 rings (SSSR count). The molecule has 0 bridgehead atoms. The molecule has 0 amide bonds. The smallest absolute Gasteiger partial charge is 0.146 e. The maximum atomic E-state index is 10.8. The van der Waals surface area contributed by atoms with Crippen LogP contribution in [0.5, 0.6) is 0 Å². The number of carbonyl (C=O) groups excluding carboxylic acids is 1. The van der Waals surface area contributed by atoms with Crippen LogP contribution >= 0.6 is 11.8 Å². The molecular formula is C6H10OS. The molecule has 1 nitrogen and oxygen atoms in total. The van der Waals surface area contributed by atoms with E-state index in [-0.39, 0.29) is 0 Å². The second-order valence-corrected chi connectivity index (χ2v) is 3.29. The van der Waals surface area contributed by atoms with Crippen LogP contribution < -0.4 is 0 Å². The Hall–Kier alpha value is 0.0200. The molecule has 2 heteroatoms. The summed E-state index contributed by atoms with van der Waals surface area (Å²) in [6.07, 6.45) is 1.83. The lowest BCUT2D eigenvalue weighted by molar-refractivity contribution is -0.117. The third-order valence-electron chi connectivity index (χ3n) is 1.40. The summed E-state index contributed by atoms with van der Waals surface area (Å²) >= 11 is 1.80. The quantitative estimate of drug-likeness (QED) is 0.534. The van der Waals surface area contributed by atoms with Crippen LogP contribution in [0.4, 0.5) is 0 Å². The molecule has 1 saturated heterocycles. The standard InChI is InChI=1S/C6H10OS/c1-2-6-5(7)3-4-8-6/h6H,2-4H2,1H3. The Morgan fingerprint density at radius 2 is 2.62 bits per heavy atom. The molecule has 8 heavy (non-hydrogen) atoms. The second kappa shape index (κ2) is 2.53. The fourth-order valence-electron chi connectivity index (χ4n) is 0.901. The van der Waals surface area contributed by atoms with Gasteiger partial charge in [0.25, 0.3) is 0 Å². The van der Waals surface area contributed by atoms with Gasteiger partial charge in [0, 0.05) is 12.2 Å². The van der Waals surface area contributed by atoms with Crippen LogP contribution in [0.3, 0.4) is 0 Å². The van der Waals surface area contributed by atoms with E-state index >= 15 is 0 Å². The number of Topliss-reactive ketones (excluding diaryl/α,β-unsaturated/α-hetero) is 1. The molecule has 0 aliphatic carbocycles. The van der Waals surface area contributed by atoms with E-state index in [9.17, 15) is 4.79 Å². The highest BCUT2D eigenvalue weighted by molar-refractivity contribution is 8.01. The summed E-state index contributed by atoms with van der Waals surface area (Å²) in [5, 5.41) is 0.343. The molecule has 1 fully saturated rings. The highest BCUT2D eigenvalue weighted by Crippen LogP contribution is 2.24. The fourth-order valence-corrected chi connectivity index (χ4v) is 2.04. The van der Waals surface area contributed by atoms with Gasteiger partial charge in [-0.1, -0.05) is 6.92 Å². The van der Waals surface area contributed by atoms with Gasteiger partial charge in [-0.15, -0.1) is 0 Å². The Labute approximate surface area is 53.8 Å². The van der Waals surface area contributed by atoms with Crippen molar-refractivity contribution >= 4 is 17.5 Å². The van der Waals surface area contributed by atoms with Gasteiger partial charge in [0.1, 0.15) is 5.78 Å². The van der Waals surface area contributed by atoms with E-state index in [1.54, 1.807) is 11.8 Å². The average molecular weight is 130 g/mol. The zero-order valence-electron chi connectivity index (χ0n) is 5.02. The maximum absolute atomic E-state index is 10.8. The van der Waals surface area contributed by atoms with Gasteiger partial charge in [-0.05, 0) is 6.42 Å². The minimum atomic E-state index is 0.343. The van der Waals surface area contributed by atoms with Crippen LogP contribution in [-0.2, 0) is 4.79 Å². The van der Waals surface area contributed by atoms with Gasteiger partial charge in [0.2, 0.25) is 0 Å². The Morgan fingerprint density at radius 1 is 1.88 bits per heavy atom. The first kappa shape index (κ1) is 6.14. The zero-order chi connectivity index (χ0) is 5.98. The van der Waals surface area contributed by atoms with Crippen molar-refractivity contribution in [3.05, 3.63) is 0 Å². The average Bonchev–Trinajstić information content (AvgIpc) is 2.14. The lowest BCUT2D eigenvalue weighted by Gasteiger charge is -1.98. The van der Waals surface area contributed by atoms with E-state index in [0.29, 0.717) is 11.0 Å². The van der Waals surface area contributed by atoms with Crippen molar-refractivity contribution in [1.29, 1.82) is 0 Å². The molecule has 0 aromatic rings. The number of thioether (sulfide) groups is 1. The third kappa shape index (κ3) is 1.05. The SMILES string of the molecule is CCC1SCCC1=O. The van der Waals surface area contributed by atoms with Crippen molar-refractivity contribution in [2.45, 2.75) is 25.0 Å². The first-order valence-electron chi connectivity index (χ1n) is 2.99. The van der Waals surface area contributed by atoms with Crippen LogP contribution in [0.1, 0.15) is 19.8 Å². The van der Waals surface area contributed by atoms with Crippen LogP contribution in [0, 0.1) is 0 Å². The van der Waals surface area contributed by atoms with Gasteiger partial charge >= 0.3 is 0 Å². The van der Waals surface area contributed by atoms with Crippen molar-refractivity contribution in [3.8, 4) is 0 Å². The minimum absolute atomic E-state index is 0.343. The summed E-state index contributed by atoms with van der Waals surface area (Å²) in [6, 6.07) is 0. The van der Waals surface area contributed by atoms with Gasteiger partial charge in [-0.2, -0.15) is 11.8 Å². The number of rotatable bonds is 1. The lowest BCUT2D eigenvalue weighted by atomic mass is 10.2. The molecule has 0 aromatic carbocycles. The zero-order valence-corrected chi connectivity index (χ0v) is 5.83. The predicted molar refractivity (Wildman–Crippen MR) is 36.2 cm³/mol. The predicted octanol–water partition coefficient (Wildman–Crippen LogP) is 1.47. The number of ketones is 1. The van der Waals surface area contributed by atoms with Gasteiger partial charge in [0.15, 0.2) is 0 Å². The Balaban J connectivity index is 2.42. The molecule has 1 heterocycles. The van der Waals surface area contributed by atoms with Gasteiger partial charge in [-0.3, -0.25) is 4.79 Å². The molecule has 0 aromatic heterocycles. The Bertz CT molecular complexity index is 101. The summed E-state index contributed by atoms with van der Waals surface area (Å²) in [4.78, 5) is 10.8. The second-order valence-electron chi connectivity index (χ2n) is 1.98. The van der Waals surface area contributed by atoms with Crippen molar-refractivity contribution in [2.75, 3.05) is 5.75 Å².